The van der Waals surface area contributed by atoms with Crippen LogP contribution in [0.4, 0.5) is 5.00 Å². The van der Waals surface area contributed by atoms with Crippen molar-refractivity contribution in [3.05, 3.63) is 86.5 Å². The van der Waals surface area contributed by atoms with Gasteiger partial charge in [0.2, 0.25) is 5.88 Å². The van der Waals surface area contributed by atoms with Gasteiger partial charge < -0.3 is 5.11 Å². The summed E-state index contributed by atoms with van der Waals surface area (Å²) in [6, 6.07) is 17.5. The lowest BCUT2D eigenvalue weighted by molar-refractivity contribution is 0.436. The third kappa shape index (κ3) is 2.97. The largest absolute Gasteiger partial charge is 0.494 e. The number of pyridine rings is 1. The Hall–Kier alpha value is -3.40. The molecule has 5 nitrogen and oxygen atoms in total. The number of aromatic nitrogens is 1. The van der Waals surface area contributed by atoms with Crippen LogP contribution in [-0.4, -0.2) is 15.9 Å². The molecular formula is C21H12ClN3O2S. The molecule has 136 valence electrons. The molecule has 0 saturated heterocycles. The van der Waals surface area contributed by atoms with Crippen LogP contribution in [0.1, 0.15) is 11.1 Å². The topological polar surface area (TPSA) is 78.4 Å². The third-order valence-electron chi connectivity index (χ3n) is 4.27. The van der Waals surface area contributed by atoms with Crippen LogP contribution >= 0.6 is 22.9 Å². The maximum atomic E-state index is 13.0. The number of para-hydroxylation sites is 1. The Morgan fingerprint density at radius 2 is 1.82 bits per heavy atom. The highest BCUT2D eigenvalue weighted by Gasteiger charge is 2.17. The first-order chi connectivity index (χ1) is 13.6. The second kappa shape index (κ2) is 7.31. The number of thiophene rings is 1. The van der Waals surface area contributed by atoms with Gasteiger partial charge in [-0.2, -0.15) is 5.26 Å². The Morgan fingerprint density at radius 3 is 2.57 bits per heavy atom. The van der Waals surface area contributed by atoms with Gasteiger partial charge in [0.1, 0.15) is 11.1 Å². The van der Waals surface area contributed by atoms with Crippen molar-refractivity contribution in [2.45, 2.75) is 0 Å². The summed E-state index contributed by atoms with van der Waals surface area (Å²) in [6.07, 6.45) is 1.47. The first-order valence-corrected chi connectivity index (χ1v) is 9.51. The second-order valence-electron chi connectivity index (χ2n) is 5.88. The van der Waals surface area contributed by atoms with Crippen molar-refractivity contribution in [2.24, 2.45) is 4.99 Å². The molecule has 2 heterocycles. The van der Waals surface area contributed by atoms with Gasteiger partial charge in [-0.25, -0.2) is 9.56 Å². The Labute approximate surface area is 169 Å². The Kier molecular flexibility index (Phi) is 4.70. The molecule has 2 aromatic carbocycles. The minimum Gasteiger partial charge on any atom is -0.494 e. The number of aliphatic imine (C=N–C) groups is 1. The molecule has 4 aromatic rings. The Balaban J connectivity index is 2.02. The molecule has 2 aromatic heterocycles. The minimum atomic E-state index is -0.382. The van der Waals surface area contributed by atoms with Crippen LogP contribution in [-0.2, 0) is 0 Å². The summed E-state index contributed by atoms with van der Waals surface area (Å²) in [7, 11) is 0. The van der Waals surface area contributed by atoms with Crippen LogP contribution in [0.2, 0.25) is 5.02 Å². The zero-order valence-corrected chi connectivity index (χ0v) is 15.9. The van der Waals surface area contributed by atoms with Gasteiger partial charge in [-0.15, -0.1) is 11.3 Å². The van der Waals surface area contributed by atoms with Gasteiger partial charge in [-0.1, -0.05) is 41.9 Å². The first kappa shape index (κ1) is 18.0. The highest BCUT2D eigenvalue weighted by molar-refractivity contribution is 7.14. The number of aromatic hydroxyl groups is 1. The highest BCUT2D eigenvalue weighted by atomic mass is 35.5. The minimum absolute atomic E-state index is 0.268. The lowest BCUT2D eigenvalue weighted by Crippen LogP contribution is -2.20. The van der Waals surface area contributed by atoms with E-state index in [9.17, 15) is 9.90 Å². The van der Waals surface area contributed by atoms with E-state index < -0.39 is 0 Å². The van der Waals surface area contributed by atoms with Crippen molar-refractivity contribution < 1.29 is 5.11 Å². The predicted octanol–water partition coefficient (Wildman–Crippen LogP) is 5.03. The van der Waals surface area contributed by atoms with Crippen LogP contribution in [0.5, 0.6) is 5.88 Å². The molecule has 0 spiro atoms. The van der Waals surface area contributed by atoms with Crippen molar-refractivity contribution in [3.63, 3.8) is 0 Å². The molecule has 0 amide bonds. The van der Waals surface area contributed by atoms with E-state index in [1.165, 1.54) is 22.1 Å². The molecule has 0 saturated carbocycles. The molecule has 0 fully saturated rings. The van der Waals surface area contributed by atoms with E-state index in [0.717, 1.165) is 0 Å². The number of halogens is 1. The summed E-state index contributed by atoms with van der Waals surface area (Å²) < 4.78 is 1.17. The van der Waals surface area contributed by atoms with Crippen LogP contribution < -0.4 is 5.56 Å². The zero-order chi connectivity index (χ0) is 19.7. The average Bonchev–Trinajstić information content (AvgIpc) is 3.17. The number of hydrogen-bond acceptors (Lipinski definition) is 5. The highest BCUT2D eigenvalue weighted by Crippen LogP contribution is 2.30. The number of rotatable bonds is 3. The van der Waals surface area contributed by atoms with Crippen molar-refractivity contribution >= 4 is 44.9 Å². The van der Waals surface area contributed by atoms with E-state index >= 15 is 0 Å². The van der Waals surface area contributed by atoms with Gasteiger partial charge in [-0.05, 0) is 29.6 Å². The van der Waals surface area contributed by atoms with E-state index in [4.69, 9.17) is 16.9 Å². The number of nitrogens with zero attached hydrogens (tertiary/aromatic N) is 3. The van der Waals surface area contributed by atoms with Gasteiger partial charge in [0.15, 0.2) is 0 Å². The van der Waals surface area contributed by atoms with Crippen LogP contribution in [0.25, 0.3) is 16.5 Å². The van der Waals surface area contributed by atoms with Gasteiger partial charge in [0.25, 0.3) is 5.56 Å². The third-order valence-corrected chi connectivity index (χ3v) is 5.41. The zero-order valence-electron chi connectivity index (χ0n) is 14.3. The van der Waals surface area contributed by atoms with Crippen molar-refractivity contribution in [2.75, 3.05) is 0 Å². The van der Waals surface area contributed by atoms with Gasteiger partial charge in [-0.3, -0.25) is 4.79 Å². The van der Waals surface area contributed by atoms with Gasteiger partial charge in [0.05, 0.1) is 21.8 Å². The molecular weight excluding hydrogens is 394 g/mol. The maximum Gasteiger partial charge on any atom is 0.265 e. The number of hydrogen-bond donors (Lipinski definition) is 1. The monoisotopic (exact) mass is 405 g/mol. The van der Waals surface area contributed by atoms with Crippen LogP contribution in [0.3, 0.4) is 0 Å². The summed E-state index contributed by atoms with van der Waals surface area (Å²) in [5, 5.41) is 23.7. The SMILES string of the molecule is N#Cc1ccsc1N=Cc1c(O)n(-c2ccccc2Cl)c(=O)c2ccccc12. The smallest absolute Gasteiger partial charge is 0.265 e. The lowest BCUT2D eigenvalue weighted by atomic mass is 10.1. The van der Waals surface area contributed by atoms with Gasteiger partial charge in [0, 0.05) is 17.0 Å². The van der Waals surface area contributed by atoms with E-state index in [1.807, 2.05) is 0 Å². The van der Waals surface area contributed by atoms with Crippen molar-refractivity contribution in [1.82, 2.24) is 4.57 Å². The Morgan fingerprint density at radius 1 is 1.11 bits per heavy atom. The Bertz CT molecular complexity index is 1330. The summed E-state index contributed by atoms with van der Waals surface area (Å²) in [6.45, 7) is 0. The summed E-state index contributed by atoms with van der Waals surface area (Å²) >= 11 is 7.58. The van der Waals surface area contributed by atoms with E-state index in [1.54, 1.807) is 60.0 Å². The molecule has 0 bridgehead atoms. The number of fused-ring (bicyclic) bond motifs is 1. The molecule has 0 aliphatic heterocycles. The molecule has 0 atom stereocenters. The van der Waals surface area contributed by atoms with Crippen molar-refractivity contribution in [1.29, 1.82) is 5.26 Å². The van der Waals surface area contributed by atoms with E-state index in [0.29, 0.717) is 37.6 Å². The van der Waals surface area contributed by atoms with Crippen LogP contribution in [0.15, 0.2) is 69.8 Å². The number of nitriles is 1. The standard InChI is InChI=1S/C21H12ClN3O2S/c22-17-7-3-4-8-18(17)25-20(26)15-6-2-1-5-14(15)16(21(25)27)12-24-19-13(11-23)9-10-28-19/h1-10,12,27H. The molecule has 4 rings (SSSR count). The van der Waals surface area contributed by atoms with Crippen molar-refractivity contribution in [3.8, 4) is 17.6 Å². The van der Waals surface area contributed by atoms with E-state index in [2.05, 4.69) is 11.1 Å². The molecule has 1 N–H and O–H groups in total. The molecule has 0 aliphatic rings. The average molecular weight is 406 g/mol. The van der Waals surface area contributed by atoms with Gasteiger partial charge >= 0.3 is 0 Å². The molecule has 0 unspecified atom stereocenters. The normalized spacial score (nSPS) is 11.1. The fourth-order valence-electron chi connectivity index (χ4n) is 2.96. The summed E-state index contributed by atoms with van der Waals surface area (Å²) in [5.74, 6) is -0.268. The summed E-state index contributed by atoms with van der Waals surface area (Å²) in [4.78, 5) is 17.4. The predicted molar refractivity (Wildman–Crippen MR) is 113 cm³/mol. The van der Waals surface area contributed by atoms with Crippen LogP contribution in [0, 0.1) is 11.3 Å². The lowest BCUT2D eigenvalue weighted by Gasteiger charge is -2.14. The fourth-order valence-corrected chi connectivity index (χ4v) is 3.86. The molecule has 0 radical (unpaired) electrons. The molecule has 0 aliphatic carbocycles. The quantitative estimate of drug-likeness (QED) is 0.485. The maximum absolute atomic E-state index is 13.0. The van der Waals surface area contributed by atoms with E-state index in [-0.39, 0.29) is 11.4 Å². The molecule has 28 heavy (non-hydrogen) atoms. The summed E-state index contributed by atoms with van der Waals surface area (Å²) in [5.41, 5.74) is 0.810. The number of benzene rings is 2. The first-order valence-electron chi connectivity index (χ1n) is 8.25. The second-order valence-corrected chi connectivity index (χ2v) is 7.19. The molecule has 7 heteroatoms. The fraction of sp³-hybridized carbons (Fsp3) is 0.